The van der Waals surface area contributed by atoms with Gasteiger partial charge in [0, 0.05) is 19.2 Å². The molecule has 2 rings (SSSR count). The first-order valence-corrected chi connectivity index (χ1v) is 6.35. The molecule has 0 aromatic carbocycles. The summed E-state index contributed by atoms with van der Waals surface area (Å²) < 4.78 is 5.30. The van der Waals surface area contributed by atoms with Gasteiger partial charge in [0.1, 0.15) is 11.4 Å². The highest BCUT2D eigenvalue weighted by atomic mass is 35.5. The molecule has 1 aliphatic heterocycles. The number of aromatic nitrogens is 1. The van der Waals surface area contributed by atoms with Crippen molar-refractivity contribution in [3.63, 3.8) is 0 Å². The third kappa shape index (κ3) is 2.87. The van der Waals surface area contributed by atoms with E-state index in [1.807, 2.05) is 0 Å². The molecule has 1 aromatic rings. The smallest absolute Gasteiger partial charge is 0.416 e. The fraction of sp³-hybridized carbons (Fsp3) is 0.462. The molecule has 0 saturated heterocycles. The van der Waals surface area contributed by atoms with Gasteiger partial charge in [-0.2, -0.15) is 0 Å². The number of rotatable bonds is 0. The molecule has 0 atom stereocenters. The maximum Gasteiger partial charge on any atom is 0.416 e. The number of ether oxygens (including phenoxy) is 1. The molecule has 102 valence electrons. The number of fused-ring (bicyclic) bond motifs is 1. The molecule has 0 saturated carbocycles. The van der Waals surface area contributed by atoms with Gasteiger partial charge in [-0.05, 0) is 26.8 Å². The van der Waals surface area contributed by atoms with Crippen LogP contribution in [0.25, 0.3) is 0 Å². The van der Waals surface area contributed by atoms with E-state index < -0.39 is 11.7 Å². The van der Waals surface area contributed by atoms with E-state index in [0.717, 1.165) is 0 Å². The van der Waals surface area contributed by atoms with Crippen LogP contribution >= 0.6 is 11.6 Å². The average Bonchev–Trinajstić information content (AvgIpc) is 2.26. The minimum absolute atomic E-state index is 0.104. The molecule has 0 N–H and O–H groups in total. The summed E-state index contributed by atoms with van der Waals surface area (Å²) in [5.41, 5.74) is -0.307. The maximum atomic E-state index is 12.1. The van der Waals surface area contributed by atoms with Crippen LogP contribution in [0.15, 0.2) is 12.3 Å². The highest BCUT2D eigenvalue weighted by Gasteiger charge is 2.32. The number of Topliss-reactive ketones (excluding diaryl/α,β-unsaturated/α-hetero) is 1. The predicted molar refractivity (Wildman–Crippen MR) is 71.8 cm³/mol. The van der Waals surface area contributed by atoms with Crippen molar-refractivity contribution in [3.05, 3.63) is 22.8 Å². The van der Waals surface area contributed by atoms with Crippen molar-refractivity contribution >= 4 is 29.3 Å². The molecule has 0 spiro atoms. The summed E-state index contributed by atoms with van der Waals surface area (Å²) >= 11 is 6.00. The second-order valence-electron chi connectivity index (χ2n) is 5.30. The third-order valence-corrected chi connectivity index (χ3v) is 2.91. The van der Waals surface area contributed by atoms with E-state index in [9.17, 15) is 9.59 Å². The van der Waals surface area contributed by atoms with Gasteiger partial charge in [0.05, 0.1) is 10.6 Å². The van der Waals surface area contributed by atoms with Crippen LogP contribution in [0.5, 0.6) is 0 Å². The second kappa shape index (κ2) is 4.81. The molecule has 0 aliphatic carbocycles. The van der Waals surface area contributed by atoms with Crippen molar-refractivity contribution in [2.75, 3.05) is 11.4 Å². The molecule has 19 heavy (non-hydrogen) atoms. The Morgan fingerprint density at radius 2 is 2.16 bits per heavy atom. The highest BCUT2D eigenvalue weighted by molar-refractivity contribution is 6.35. The SMILES string of the molecule is CC(C)(C)OC(=O)N1CCC(=O)c2c(Cl)ccnc21. The van der Waals surface area contributed by atoms with E-state index in [4.69, 9.17) is 16.3 Å². The number of anilines is 1. The molecule has 6 heteroatoms. The number of nitrogens with zero attached hydrogens (tertiary/aromatic N) is 2. The van der Waals surface area contributed by atoms with Gasteiger partial charge >= 0.3 is 6.09 Å². The Morgan fingerprint density at radius 1 is 1.47 bits per heavy atom. The van der Waals surface area contributed by atoms with Crippen molar-refractivity contribution in [1.29, 1.82) is 0 Å². The Bertz CT molecular complexity index is 537. The third-order valence-electron chi connectivity index (χ3n) is 2.59. The van der Waals surface area contributed by atoms with Gasteiger partial charge in [0.2, 0.25) is 0 Å². The normalized spacial score (nSPS) is 15.2. The van der Waals surface area contributed by atoms with Crippen LogP contribution in [0, 0.1) is 0 Å². The molecule has 1 aliphatic rings. The lowest BCUT2D eigenvalue weighted by molar-refractivity contribution is 0.0576. The maximum absolute atomic E-state index is 12.1. The van der Waals surface area contributed by atoms with Gasteiger partial charge in [0.15, 0.2) is 5.78 Å². The van der Waals surface area contributed by atoms with Crippen molar-refractivity contribution in [2.24, 2.45) is 0 Å². The molecule has 1 amide bonds. The summed E-state index contributed by atoms with van der Waals surface area (Å²) in [5, 5.41) is 0.309. The molecule has 2 heterocycles. The molecule has 5 nitrogen and oxygen atoms in total. The topological polar surface area (TPSA) is 59.5 Å². The number of hydrogen-bond acceptors (Lipinski definition) is 4. The standard InChI is InChI=1S/C13H15ClN2O3/c1-13(2,3)19-12(18)16-7-5-9(17)10-8(14)4-6-15-11(10)16/h4,6H,5,7H2,1-3H3. The second-order valence-corrected chi connectivity index (χ2v) is 5.70. The zero-order valence-corrected chi connectivity index (χ0v) is 11.8. The lowest BCUT2D eigenvalue weighted by Crippen LogP contribution is -2.41. The predicted octanol–water partition coefficient (Wildman–Crippen LogP) is 3.06. The summed E-state index contributed by atoms with van der Waals surface area (Å²) in [5.74, 6) is 0.172. The molecule has 0 radical (unpaired) electrons. The van der Waals surface area contributed by atoms with Crippen LogP contribution in [0.1, 0.15) is 37.6 Å². The fourth-order valence-electron chi connectivity index (χ4n) is 1.83. The van der Waals surface area contributed by atoms with Crippen molar-refractivity contribution in [2.45, 2.75) is 32.8 Å². The molecule has 0 bridgehead atoms. The van der Waals surface area contributed by atoms with E-state index in [1.54, 1.807) is 20.8 Å². The van der Waals surface area contributed by atoms with E-state index >= 15 is 0 Å². The lowest BCUT2D eigenvalue weighted by Gasteiger charge is -2.30. The van der Waals surface area contributed by atoms with Gasteiger partial charge in [0.25, 0.3) is 0 Å². The Morgan fingerprint density at radius 3 is 2.79 bits per heavy atom. The summed E-state index contributed by atoms with van der Waals surface area (Å²) in [7, 11) is 0. The first kappa shape index (κ1) is 13.8. The van der Waals surface area contributed by atoms with Crippen molar-refractivity contribution < 1.29 is 14.3 Å². The van der Waals surface area contributed by atoms with Gasteiger partial charge in [-0.3, -0.25) is 9.69 Å². The number of pyridine rings is 1. The van der Waals surface area contributed by atoms with E-state index in [-0.39, 0.29) is 24.6 Å². The van der Waals surface area contributed by atoms with Crippen LogP contribution in [-0.2, 0) is 4.74 Å². The number of ketones is 1. The Kier molecular flexibility index (Phi) is 3.49. The fourth-order valence-corrected chi connectivity index (χ4v) is 2.08. The summed E-state index contributed by atoms with van der Waals surface area (Å²) in [6, 6.07) is 1.54. The zero-order valence-electron chi connectivity index (χ0n) is 11.1. The van der Waals surface area contributed by atoms with Crippen LogP contribution in [0.3, 0.4) is 0 Å². The van der Waals surface area contributed by atoms with Gasteiger partial charge < -0.3 is 4.74 Å². The first-order valence-electron chi connectivity index (χ1n) is 5.98. The summed E-state index contributed by atoms with van der Waals surface area (Å²) in [4.78, 5) is 29.4. The Balaban J connectivity index is 2.37. The van der Waals surface area contributed by atoms with Gasteiger partial charge in [-0.15, -0.1) is 0 Å². The van der Waals surface area contributed by atoms with Crippen LogP contribution < -0.4 is 4.90 Å². The van der Waals surface area contributed by atoms with E-state index in [1.165, 1.54) is 17.2 Å². The van der Waals surface area contributed by atoms with E-state index in [0.29, 0.717) is 10.6 Å². The Hall–Kier alpha value is -1.62. The van der Waals surface area contributed by atoms with Crippen molar-refractivity contribution in [3.8, 4) is 0 Å². The number of halogens is 1. The Labute approximate surface area is 116 Å². The first-order chi connectivity index (χ1) is 8.79. The molecule has 1 aromatic heterocycles. The van der Waals surface area contributed by atoms with E-state index in [2.05, 4.69) is 4.98 Å². The highest BCUT2D eigenvalue weighted by Crippen LogP contribution is 2.31. The molecule has 0 fully saturated rings. The lowest BCUT2D eigenvalue weighted by atomic mass is 10.0. The van der Waals surface area contributed by atoms with Crippen molar-refractivity contribution in [1.82, 2.24) is 4.98 Å². The molecular weight excluding hydrogens is 268 g/mol. The quantitative estimate of drug-likeness (QED) is 0.734. The number of hydrogen-bond donors (Lipinski definition) is 0. The number of amides is 1. The summed E-state index contributed by atoms with van der Waals surface area (Å²) in [6.45, 7) is 5.61. The van der Waals surface area contributed by atoms with Gasteiger partial charge in [-0.25, -0.2) is 9.78 Å². The minimum atomic E-state index is -0.600. The minimum Gasteiger partial charge on any atom is -0.443 e. The van der Waals surface area contributed by atoms with Crippen LogP contribution in [0.2, 0.25) is 5.02 Å². The monoisotopic (exact) mass is 282 g/mol. The van der Waals surface area contributed by atoms with Crippen LogP contribution in [0.4, 0.5) is 10.6 Å². The summed E-state index contributed by atoms with van der Waals surface area (Å²) in [6.07, 6.45) is 1.17. The molecular formula is C13H15ClN2O3. The van der Waals surface area contributed by atoms with Gasteiger partial charge in [-0.1, -0.05) is 11.6 Å². The number of carbonyl (C=O) groups excluding carboxylic acids is 2. The largest absolute Gasteiger partial charge is 0.443 e. The molecule has 0 unspecified atom stereocenters. The zero-order chi connectivity index (χ0) is 14.2. The van der Waals surface area contributed by atoms with Crippen LogP contribution in [-0.4, -0.2) is 29.0 Å². The average molecular weight is 283 g/mol. The number of carbonyl (C=O) groups is 2.